The van der Waals surface area contributed by atoms with Crippen molar-refractivity contribution in [2.24, 2.45) is 0 Å². The summed E-state index contributed by atoms with van der Waals surface area (Å²) in [6.07, 6.45) is 2.67. The van der Waals surface area contributed by atoms with E-state index in [0.717, 1.165) is 24.7 Å². The lowest BCUT2D eigenvalue weighted by Gasteiger charge is -2.15. The molecule has 0 bridgehead atoms. The van der Waals surface area contributed by atoms with Gasteiger partial charge in [-0.2, -0.15) is 0 Å². The molecule has 16 heavy (non-hydrogen) atoms. The minimum Gasteiger partial charge on any atom is -0.311 e. The summed E-state index contributed by atoms with van der Waals surface area (Å²) in [5.74, 6) is -0.120. The van der Waals surface area contributed by atoms with Gasteiger partial charge in [-0.05, 0) is 26.0 Å². The Morgan fingerprint density at radius 2 is 2.12 bits per heavy atom. The van der Waals surface area contributed by atoms with Crippen LogP contribution >= 0.6 is 0 Å². The van der Waals surface area contributed by atoms with E-state index >= 15 is 0 Å². The Morgan fingerprint density at radius 1 is 1.38 bits per heavy atom. The van der Waals surface area contributed by atoms with E-state index in [4.69, 9.17) is 0 Å². The largest absolute Gasteiger partial charge is 0.311 e. The molecule has 1 aromatic carbocycles. The fraction of sp³-hybridized carbons (Fsp3) is 0.538. The molecule has 0 aliphatic heterocycles. The molecule has 2 nitrogen and oxygen atoms in total. The molecule has 0 radical (unpaired) electrons. The smallest absolute Gasteiger partial charge is 0.127 e. The van der Waals surface area contributed by atoms with Crippen molar-refractivity contribution in [3.63, 3.8) is 0 Å². The molecule has 1 aromatic rings. The standard InChI is InChI=1S/C13H19FN2/c1-16(12-6-7-12)9-8-15-10-11-4-2-3-5-13(11)14/h2-5,12,15H,6-10H2,1H3. The van der Waals surface area contributed by atoms with E-state index in [0.29, 0.717) is 6.54 Å². The SMILES string of the molecule is CN(CCNCc1ccccc1F)C1CC1. The number of hydrogen-bond acceptors (Lipinski definition) is 2. The van der Waals surface area contributed by atoms with Gasteiger partial charge in [0.2, 0.25) is 0 Å². The van der Waals surface area contributed by atoms with Crippen LogP contribution < -0.4 is 5.32 Å². The number of halogens is 1. The summed E-state index contributed by atoms with van der Waals surface area (Å²) in [5.41, 5.74) is 0.747. The Morgan fingerprint density at radius 3 is 2.81 bits per heavy atom. The van der Waals surface area contributed by atoms with Crippen LogP contribution in [0.15, 0.2) is 24.3 Å². The molecule has 0 aromatic heterocycles. The molecular formula is C13H19FN2. The van der Waals surface area contributed by atoms with Gasteiger partial charge < -0.3 is 10.2 Å². The van der Waals surface area contributed by atoms with Crippen LogP contribution in [-0.2, 0) is 6.54 Å². The second kappa shape index (κ2) is 5.41. The van der Waals surface area contributed by atoms with Gasteiger partial charge in [0.1, 0.15) is 5.82 Å². The van der Waals surface area contributed by atoms with Crippen molar-refractivity contribution in [1.82, 2.24) is 10.2 Å². The molecule has 3 heteroatoms. The Hall–Kier alpha value is -0.930. The highest BCUT2D eigenvalue weighted by molar-refractivity contribution is 5.16. The summed E-state index contributed by atoms with van der Waals surface area (Å²) in [6, 6.07) is 7.73. The molecule has 1 aliphatic rings. The average molecular weight is 222 g/mol. The maximum atomic E-state index is 13.3. The van der Waals surface area contributed by atoms with Gasteiger partial charge in [-0.1, -0.05) is 18.2 Å². The first-order valence-corrected chi connectivity index (χ1v) is 5.92. The van der Waals surface area contributed by atoms with Crippen molar-refractivity contribution >= 4 is 0 Å². The number of nitrogens with zero attached hydrogens (tertiary/aromatic N) is 1. The molecule has 0 atom stereocenters. The van der Waals surface area contributed by atoms with Crippen LogP contribution in [0.1, 0.15) is 18.4 Å². The van der Waals surface area contributed by atoms with Gasteiger partial charge in [0, 0.05) is 31.2 Å². The van der Waals surface area contributed by atoms with E-state index in [1.807, 2.05) is 12.1 Å². The van der Waals surface area contributed by atoms with Crippen molar-refractivity contribution < 1.29 is 4.39 Å². The van der Waals surface area contributed by atoms with Crippen LogP contribution in [0.5, 0.6) is 0 Å². The highest BCUT2D eigenvalue weighted by Crippen LogP contribution is 2.24. The first kappa shape index (κ1) is 11.6. The molecule has 2 rings (SSSR count). The van der Waals surface area contributed by atoms with Gasteiger partial charge in [-0.3, -0.25) is 0 Å². The molecular weight excluding hydrogens is 203 g/mol. The van der Waals surface area contributed by atoms with Gasteiger partial charge in [0.05, 0.1) is 0 Å². The quantitative estimate of drug-likeness (QED) is 0.741. The minimum atomic E-state index is -0.120. The van der Waals surface area contributed by atoms with E-state index in [9.17, 15) is 4.39 Å². The summed E-state index contributed by atoms with van der Waals surface area (Å²) < 4.78 is 13.3. The third-order valence-corrected chi connectivity index (χ3v) is 3.08. The van der Waals surface area contributed by atoms with Crippen LogP contribution in [0.2, 0.25) is 0 Å². The zero-order chi connectivity index (χ0) is 11.4. The second-order valence-electron chi connectivity index (χ2n) is 4.48. The van der Waals surface area contributed by atoms with E-state index in [1.165, 1.54) is 18.9 Å². The highest BCUT2D eigenvalue weighted by Gasteiger charge is 2.25. The fourth-order valence-electron chi connectivity index (χ4n) is 1.82. The summed E-state index contributed by atoms with van der Waals surface area (Å²) >= 11 is 0. The van der Waals surface area contributed by atoms with Gasteiger partial charge >= 0.3 is 0 Å². The molecule has 0 amide bonds. The van der Waals surface area contributed by atoms with Crippen molar-refractivity contribution in [2.45, 2.75) is 25.4 Å². The number of nitrogens with one attached hydrogen (secondary N) is 1. The molecule has 0 spiro atoms. The van der Waals surface area contributed by atoms with Crippen molar-refractivity contribution in [2.75, 3.05) is 20.1 Å². The van der Waals surface area contributed by atoms with Crippen molar-refractivity contribution in [1.29, 1.82) is 0 Å². The molecule has 1 saturated carbocycles. The van der Waals surface area contributed by atoms with Gasteiger partial charge in [0.25, 0.3) is 0 Å². The van der Waals surface area contributed by atoms with E-state index in [2.05, 4.69) is 17.3 Å². The van der Waals surface area contributed by atoms with E-state index in [1.54, 1.807) is 6.07 Å². The molecule has 0 heterocycles. The van der Waals surface area contributed by atoms with Crippen LogP contribution in [0, 0.1) is 5.82 Å². The first-order chi connectivity index (χ1) is 7.77. The van der Waals surface area contributed by atoms with Gasteiger partial charge in [0.15, 0.2) is 0 Å². The molecule has 0 saturated heterocycles. The summed E-state index contributed by atoms with van der Waals surface area (Å²) in [4.78, 5) is 2.37. The second-order valence-corrected chi connectivity index (χ2v) is 4.48. The normalized spacial score (nSPS) is 15.7. The van der Waals surface area contributed by atoms with Gasteiger partial charge in [-0.15, -0.1) is 0 Å². The van der Waals surface area contributed by atoms with Gasteiger partial charge in [-0.25, -0.2) is 4.39 Å². The van der Waals surface area contributed by atoms with E-state index < -0.39 is 0 Å². The summed E-state index contributed by atoms with van der Waals surface area (Å²) in [6.45, 7) is 2.58. The molecule has 1 fully saturated rings. The number of rotatable bonds is 6. The Kier molecular flexibility index (Phi) is 3.91. The Bertz CT molecular complexity index is 336. The summed E-state index contributed by atoms with van der Waals surface area (Å²) in [7, 11) is 2.16. The Balaban J connectivity index is 1.66. The first-order valence-electron chi connectivity index (χ1n) is 5.92. The zero-order valence-corrected chi connectivity index (χ0v) is 9.75. The zero-order valence-electron chi connectivity index (χ0n) is 9.75. The Labute approximate surface area is 96.5 Å². The highest BCUT2D eigenvalue weighted by atomic mass is 19.1. The predicted molar refractivity (Wildman–Crippen MR) is 63.8 cm³/mol. The van der Waals surface area contributed by atoms with Crippen LogP contribution in [-0.4, -0.2) is 31.1 Å². The lowest BCUT2D eigenvalue weighted by Crippen LogP contribution is -2.30. The van der Waals surface area contributed by atoms with Crippen LogP contribution in [0.3, 0.4) is 0 Å². The molecule has 1 aliphatic carbocycles. The number of likely N-dealkylation sites (N-methyl/N-ethyl adjacent to an activating group) is 1. The third kappa shape index (κ3) is 3.29. The minimum absolute atomic E-state index is 0.120. The predicted octanol–water partition coefficient (Wildman–Crippen LogP) is 2.01. The number of hydrogen-bond donors (Lipinski definition) is 1. The fourth-order valence-corrected chi connectivity index (χ4v) is 1.82. The maximum absolute atomic E-state index is 13.3. The monoisotopic (exact) mass is 222 g/mol. The molecule has 1 N–H and O–H groups in total. The number of benzene rings is 1. The van der Waals surface area contributed by atoms with Crippen LogP contribution in [0.4, 0.5) is 4.39 Å². The van der Waals surface area contributed by atoms with Crippen molar-refractivity contribution in [3.8, 4) is 0 Å². The van der Waals surface area contributed by atoms with E-state index in [-0.39, 0.29) is 5.82 Å². The topological polar surface area (TPSA) is 15.3 Å². The average Bonchev–Trinajstić information content (AvgIpc) is 3.10. The lowest BCUT2D eigenvalue weighted by atomic mass is 10.2. The van der Waals surface area contributed by atoms with Crippen LogP contribution in [0.25, 0.3) is 0 Å². The molecule has 88 valence electrons. The summed E-state index contributed by atoms with van der Waals surface area (Å²) in [5, 5.41) is 3.27. The molecule has 0 unspecified atom stereocenters. The maximum Gasteiger partial charge on any atom is 0.127 e. The van der Waals surface area contributed by atoms with Crippen molar-refractivity contribution in [3.05, 3.63) is 35.6 Å². The lowest BCUT2D eigenvalue weighted by molar-refractivity contribution is 0.321. The third-order valence-electron chi connectivity index (χ3n) is 3.08.